The quantitative estimate of drug-likeness (QED) is 0.409. The van der Waals surface area contributed by atoms with Crippen LogP contribution in [0.4, 0.5) is 13.2 Å². The van der Waals surface area contributed by atoms with Crippen molar-refractivity contribution in [1.29, 1.82) is 0 Å². The van der Waals surface area contributed by atoms with Crippen molar-refractivity contribution in [2.45, 2.75) is 12.6 Å². The number of rotatable bonds is 5. The zero-order valence-corrected chi connectivity index (χ0v) is 13.1. The monoisotopic (exact) mass is 363 g/mol. The van der Waals surface area contributed by atoms with E-state index in [1.807, 2.05) is 0 Å². The molecule has 134 valence electrons. The molecule has 0 amide bonds. The van der Waals surface area contributed by atoms with E-state index >= 15 is 0 Å². The minimum atomic E-state index is -4.40. The molecule has 0 atom stereocenters. The number of nitrogens with zero attached hydrogens (tertiary/aromatic N) is 2. The lowest BCUT2D eigenvalue weighted by molar-refractivity contribution is -0.137. The van der Waals surface area contributed by atoms with E-state index in [0.29, 0.717) is 11.1 Å². The first-order valence-corrected chi connectivity index (χ1v) is 7.38. The van der Waals surface area contributed by atoms with Gasteiger partial charge in [0.1, 0.15) is 6.33 Å². The SMILES string of the molecule is O=C(C=C(O)c1nc[nH]n1)c1occc1Cc1ccc(C(F)(F)F)cc1. The lowest BCUT2D eigenvalue weighted by Gasteiger charge is -2.07. The summed E-state index contributed by atoms with van der Waals surface area (Å²) >= 11 is 0. The van der Waals surface area contributed by atoms with Gasteiger partial charge in [0.15, 0.2) is 11.5 Å². The van der Waals surface area contributed by atoms with Crippen LogP contribution in [-0.4, -0.2) is 26.1 Å². The fraction of sp³-hybridized carbons (Fsp3) is 0.118. The van der Waals surface area contributed by atoms with Crippen LogP contribution in [0.1, 0.15) is 33.1 Å². The number of aromatic nitrogens is 3. The Morgan fingerprint density at radius 2 is 1.96 bits per heavy atom. The standard InChI is InChI=1S/C17H12F3N3O3/c18-17(19,20)12-3-1-10(2-4-12)7-11-5-6-26-15(11)13(24)8-14(25)16-21-9-22-23-16/h1-6,8-9,25H,7H2,(H,21,22,23). The summed E-state index contributed by atoms with van der Waals surface area (Å²) in [6.45, 7) is 0. The molecule has 0 spiro atoms. The van der Waals surface area contributed by atoms with Gasteiger partial charge >= 0.3 is 6.18 Å². The average Bonchev–Trinajstić information content (AvgIpc) is 3.26. The first-order chi connectivity index (χ1) is 12.3. The smallest absolute Gasteiger partial charge is 0.416 e. The number of benzene rings is 1. The van der Waals surface area contributed by atoms with Crippen molar-refractivity contribution < 1.29 is 27.5 Å². The molecule has 3 rings (SSSR count). The number of aliphatic hydroxyl groups excluding tert-OH is 1. The molecule has 0 aliphatic heterocycles. The minimum Gasteiger partial charge on any atom is -0.504 e. The van der Waals surface area contributed by atoms with Crippen LogP contribution in [0, 0.1) is 0 Å². The van der Waals surface area contributed by atoms with E-state index in [2.05, 4.69) is 15.2 Å². The zero-order valence-electron chi connectivity index (χ0n) is 13.1. The molecule has 2 heterocycles. The molecule has 0 aliphatic carbocycles. The summed E-state index contributed by atoms with van der Waals surface area (Å²) in [4.78, 5) is 16.0. The fourth-order valence-electron chi connectivity index (χ4n) is 2.31. The normalized spacial score (nSPS) is 12.3. The maximum absolute atomic E-state index is 12.6. The summed E-state index contributed by atoms with van der Waals surface area (Å²) in [6.07, 6.45) is -0.752. The number of ketones is 1. The summed E-state index contributed by atoms with van der Waals surface area (Å²) in [5.41, 5.74) is 0.313. The third-order valence-corrected chi connectivity index (χ3v) is 3.56. The van der Waals surface area contributed by atoms with Crippen molar-refractivity contribution in [3.8, 4) is 0 Å². The Morgan fingerprint density at radius 3 is 2.58 bits per heavy atom. The molecule has 0 saturated heterocycles. The number of carbonyl (C=O) groups is 1. The number of halogens is 3. The predicted molar refractivity (Wildman–Crippen MR) is 84.3 cm³/mol. The molecule has 0 saturated carbocycles. The van der Waals surface area contributed by atoms with Crippen LogP contribution in [0.2, 0.25) is 0 Å². The van der Waals surface area contributed by atoms with Gasteiger partial charge in [-0.25, -0.2) is 4.98 Å². The fourth-order valence-corrected chi connectivity index (χ4v) is 2.31. The van der Waals surface area contributed by atoms with E-state index in [1.54, 1.807) is 6.07 Å². The average molecular weight is 363 g/mol. The first kappa shape index (κ1) is 17.5. The highest BCUT2D eigenvalue weighted by Crippen LogP contribution is 2.29. The van der Waals surface area contributed by atoms with Gasteiger partial charge < -0.3 is 9.52 Å². The Labute approximate surface area is 145 Å². The summed E-state index contributed by atoms with van der Waals surface area (Å²) in [5, 5.41) is 15.9. The van der Waals surface area contributed by atoms with Crippen LogP contribution >= 0.6 is 0 Å². The number of allylic oxidation sites excluding steroid dienone is 1. The molecule has 0 fully saturated rings. The Morgan fingerprint density at radius 1 is 1.23 bits per heavy atom. The molecule has 9 heteroatoms. The van der Waals surface area contributed by atoms with Crippen LogP contribution in [0.15, 0.2) is 53.4 Å². The highest BCUT2D eigenvalue weighted by molar-refractivity contribution is 6.06. The first-order valence-electron chi connectivity index (χ1n) is 7.38. The molecule has 26 heavy (non-hydrogen) atoms. The van der Waals surface area contributed by atoms with Gasteiger partial charge in [0.05, 0.1) is 11.8 Å². The summed E-state index contributed by atoms with van der Waals surface area (Å²) in [6, 6.07) is 6.18. The second-order valence-corrected chi connectivity index (χ2v) is 5.36. The van der Waals surface area contributed by atoms with Crippen LogP contribution in [0.5, 0.6) is 0 Å². The number of hydrogen-bond donors (Lipinski definition) is 2. The second-order valence-electron chi connectivity index (χ2n) is 5.36. The maximum atomic E-state index is 12.6. The second kappa shape index (κ2) is 6.87. The Hall–Kier alpha value is -3.36. The van der Waals surface area contributed by atoms with Crippen LogP contribution in [-0.2, 0) is 12.6 Å². The predicted octanol–water partition coefficient (Wildman–Crippen LogP) is 3.79. The van der Waals surface area contributed by atoms with Crippen LogP contribution < -0.4 is 0 Å². The lowest BCUT2D eigenvalue weighted by atomic mass is 10.0. The molecular formula is C17H12F3N3O3. The Bertz CT molecular complexity index is 926. The number of H-pyrrole nitrogens is 1. The molecular weight excluding hydrogens is 351 g/mol. The van der Waals surface area contributed by atoms with Crippen molar-refractivity contribution in [1.82, 2.24) is 15.2 Å². The highest BCUT2D eigenvalue weighted by Gasteiger charge is 2.30. The van der Waals surface area contributed by atoms with Gasteiger partial charge in [-0.15, -0.1) is 0 Å². The van der Waals surface area contributed by atoms with E-state index in [9.17, 15) is 23.1 Å². The van der Waals surface area contributed by atoms with Crippen molar-refractivity contribution in [2.24, 2.45) is 0 Å². The third kappa shape index (κ3) is 3.82. The van der Waals surface area contributed by atoms with Gasteiger partial charge in [-0.2, -0.15) is 18.3 Å². The number of nitrogens with one attached hydrogen (secondary N) is 1. The van der Waals surface area contributed by atoms with Crippen molar-refractivity contribution in [2.75, 3.05) is 0 Å². The molecule has 2 aromatic heterocycles. The number of hydrogen-bond acceptors (Lipinski definition) is 5. The summed E-state index contributed by atoms with van der Waals surface area (Å²) in [7, 11) is 0. The highest BCUT2D eigenvalue weighted by atomic mass is 19.4. The number of alkyl halides is 3. The van der Waals surface area contributed by atoms with Crippen LogP contribution in [0.3, 0.4) is 0 Å². The maximum Gasteiger partial charge on any atom is 0.416 e. The van der Waals surface area contributed by atoms with Crippen molar-refractivity contribution in [3.05, 3.63) is 77.3 Å². The number of aliphatic hydroxyl groups is 1. The van der Waals surface area contributed by atoms with Crippen molar-refractivity contribution in [3.63, 3.8) is 0 Å². The van der Waals surface area contributed by atoms with Gasteiger partial charge in [-0.3, -0.25) is 9.89 Å². The molecule has 0 bridgehead atoms. The van der Waals surface area contributed by atoms with Crippen molar-refractivity contribution >= 4 is 11.5 Å². The zero-order chi connectivity index (χ0) is 18.7. The van der Waals surface area contributed by atoms with Gasteiger partial charge in [-0.1, -0.05) is 12.1 Å². The summed E-state index contributed by atoms with van der Waals surface area (Å²) < 4.78 is 43.0. The number of furan rings is 1. The number of aromatic amines is 1. The molecule has 0 aliphatic rings. The van der Waals surface area contributed by atoms with E-state index in [1.165, 1.54) is 24.7 Å². The largest absolute Gasteiger partial charge is 0.504 e. The molecule has 1 aromatic carbocycles. The van der Waals surface area contributed by atoms with Gasteiger partial charge in [-0.05, 0) is 23.8 Å². The van der Waals surface area contributed by atoms with Gasteiger partial charge in [0.25, 0.3) is 0 Å². The van der Waals surface area contributed by atoms with E-state index in [4.69, 9.17) is 4.42 Å². The third-order valence-electron chi connectivity index (χ3n) is 3.56. The minimum absolute atomic E-state index is 0.0213. The van der Waals surface area contributed by atoms with Crippen LogP contribution in [0.25, 0.3) is 5.76 Å². The summed E-state index contributed by atoms with van der Waals surface area (Å²) in [5.74, 6) is -1.12. The molecule has 3 aromatic rings. The lowest BCUT2D eigenvalue weighted by Crippen LogP contribution is -2.05. The van der Waals surface area contributed by atoms with Gasteiger partial charge in [0, 0.05) is 18.1 Å². The van der Waals surface area contributed by atoms with E-state index < -0.39 is 23.3 Å². The van der Waals surface area contributed by atoms with Gasteiger partial charge in [0.2, 0.25) is 11.6 Å². The Kier molecular flexibility index (Phi) is 4.61. The van der Waals surface area contributed by atoms with E-state index in [0.717, 1.165) is 18.2 Å². The molecule has 2 N–H and O–H groups in total. The molecule has 0 unspecified atom stereocenters. The van der Waals surface area contributed by atoms with E-state index in [-0.39, 0.29) is 18.0 Å². The molecule has 6 nitrogen and oxygen atoms in total. The topological polar surface area (TPSA) is 92.0 Å². The number of carbonyl (C=O) groups excluding carboxylic acids is 1. The Balaban J connectivity index is 1.78. The molecule has 0 radical (unpaired) electrons.